The van der Waals surface area contributed by atoms with Gasteiger partial charge >= 0.3 is 0 Å². The van der Waals surface area contributed by atoms with E-state index in [-0.39, 0.29) is 56.4 Å². The molecule has 260 valence electrons. The molecule has 0 aliphatic carbocycles. The van der Waals surface area contributed by atoms with Gasteiger partial charge in [0.2, 0.25) is 23.6 Å². The standard InChI is InChI=1S/C33H51N7O7/c1-2-26(36)31(45)39-27(6-5-15-34)33(47)40-28(32(46)37-17-4-3-7-30(44)38-24(20-41)14-16-35)19-23-18-22(10-13-29(23)43)21-8-11-25(42)12-9-21/h8-13,18,24,26-28,41-43H,2-7,14-17,19-20,34-36H2,1H3,(H,37,46)(H,38,44)(H,39,45)(H,40,47)/t24?,26?,27-,28?/m0/s1. The first-order valence-electron chi connectivity index (χ1n) is 16.1. The molecule has 0 saturated carbocycles. The summed E-state index contributed by atoms with van der Waals surface area (Å²) >= 11 is 0. The van der Waals surface area contributed by atoms with Crippen molar-refractivity contribution in [2.45, 2.75) is 82.5 Å². The molecule has 0 saturated heterocycles. The minimum Gasteiger partial charge on any atom is -0.508 e. The average molecular weight is 658 g/mol. The molecule has 0 aliphatic heterocycles. The fraction of sp³-hybridized carbons (Fsp3) is 0.515. The minimum atomic E-state index is -1.13. The summed E-state index contributed by atoms with van der Waals surface area (Å²) in [5.74, 6) is -1.83. The highest BCUT2D eigenvalue weighted by Crippen LogP contribution is 2.28. The Kier molecular flexibility index (Phi) is 17.2. The molecule has 2 aromatic carbocycles. The van der Waals surface area contributed by atoms with Gasteiger partial charge in [0.1, 0.15) is 23.6 Å². The highest BCUT2D eigenvalue weighted by molar-refractivity contribution is 5.93. The van der Waals surface area contributed by atoms with Gasteiger partial charge in [-0.1, -0.05) is 25.1 Å². The molecule has 14 heteroatoms. The summed E-state index contributed by atoms with van der Waals surface area (Å²) in [7, 11) is 0. The van der Waals surface area contributed by atoms with Crippen LogP contribution in [0.5, 0.6) is 11.5 Å². The molecule has 0 heterocycles. The maximum absolute atomic E-state index is 13.5. The first-order chi connectivity index (χ1) is 22.5. The highest BCUT2D eigenvalue weighted by Gasteiger charge is 2.28. The quantitative estimate of drug-likeness (QED) is 0.0795. The molecule has 0 bridgehead atoms. The van der Waals surface area contributed by atoms with E-state index in [1.807, 2.05) is 0 Å². The summed E-state index contributed by atoms with van der Waals surface area (Å²) in [5, 5.41) is 40.6. The van der Waals surface area contributed by atoms with Crippen molar-refractivity contribution in [2.24, 2.45) is 17.2 Å². The molecule has 47 heavy (non-hydrogen) atoms. The molecular weight excluding hydrogens is 606 g/mol. The number of nitrogens with one attached hydrogen (secondary N) is 4. The maximum Gasteiger partial charge on any atom is 0.243 e. The number of aliphatic hydroxyl groups is 1. The summed E-state index contributed by atoms with van der Waals surface area (Å²) < 4.78 is 0. The van der Waals surface area contributed by atoms with Crippen molar-refractivity contribution >= 4 is 23.6 Å². The lowest BCUT2D eigenvalue weighted by Gasteiger charge is -2.24. The third-order valence-corrected chi connectivity index (χ3v) is 7.67. The highest BCUT2D eigenvalue weighted by atomic mass is 16.3. The molecule has 14 nitrogen and oxygen atoms in total. The molecule has 0 spiro atoms. The van der Waals surface area contributed by atoms with Crippen LogP contribution in [0.15, 0.2) is 42.5 Å². The first kappa shape index (κ1) is 38.9. The van der Waals surface area contributed by atoms with E-state index < -0.39 is 41.9 Å². The van der Waals surface area contributed by atoms with Crippen molar-refractivity contribution in [3.8, 4) is 22.6 Å². The Bertz CT molecular complexity index is 1290. The fourth-order valence-corrected chi connectivity index (χ4v) is 4.79. The van der Waals surface area contributed by atoms with Crippen molar-refractivity contribution in [3.05, 3.63) is 48.0 Å². The Morgan fingerprint density at radius 3 is 2.11 bits per heavy atom. The van der Waals surface area contributed by atoms with Crippen LogP contribution in [0.1, 0.15) is 57.4 Å². The zero-order valence-corrected chi connectivity index (χ0v) is 27.0. The zero-order valence-electron chi connectivity index (χ0n) is 27.0. The van der Waals surface area contributed by atoms with E-state index in [1.54, 1.807) is 31.2 Å². The molecule has 0 radical (unpaired) electrons. The Balaban J connectivity index is 2.20. The summed E-state index contributed by atoms with van der Waals surface area (Å²) in [6.45, 7) is 2.37. The van der Waals surface area contributed by atoms with Gasteiger partial charge < -0.3 is 53.8 Å². The number of unbranched alkanes of at least 4 members (excludes halogenated alkanes) is 1. The number of phenolic OH excluding ortho intramolecular Hbond substituents is 2. The van der Waals surface area contributed by atoms with E-state index in [4.69, 9.17) is 17.2 Å². The molecule has 2 aromatic rings. The molecule has 0 fully saturated rings. The SMILES string of the molecule is CCC(N)C(=O)N[C@@H](CCCN)C(=O)NC(Cc1cc(-c2ccc(O)cc2)ccc1O)C(=O)NCCCCC(=O)NC(CO)CCN. The first-order valence-corrected chi connectivity index (χ1v) is 16.1. The second-order valence-electron chi connectivity index (χ2n) is 11.4. The van der Waals surface area contributed by atoms with Crippen LogP contribution < -0.4 is 38.5 Å². The van der Waals surface area contributed by atoms with E-state index in [0.717, 1.165) is 11.1 Å². The van der Waals surface area contributed by atoms with Crippen molar-refractivity contribution in [2.75, 3.05) is 26.2 Å². The third-order valence-electron chi connectivity index (χ3n) is 7.67. The van der Waals surface area contributed by atoms with Crippen molar-refractivity contribution in [1.82, 2.24) is 21.3 Å². The number of nitrogens with two attached hydrogens (primary N) is 3. The number of hydrogen-bond acceptors (Lipinski definition) is 10. The molecule has 4 amide bonds. The van der Waals surface area contributed by atoms with Crippen LogP contribution in [0.25, 0.3) is 11.1 Å². The van der Waals surface area contributed by atoms with Crippen LogP contribution in [-0.2, 0) is 25.6 Å². The van der Waals surface area contributed by atoms with Gasteiger partial charge in [0.25, 0.3) is 0 Å². The molecule has 3 unspecified atom stereocenters. The smallest absolute Gasteiger partial charge is 0.243 e. The lowest BCUT2D eigenvalue weighted by Crippen LogP contribution is -2.56. The normalized spacial score (nSPS) is 13.6. The van der Waals surface area contributed by atoms with E-state index in [9.17, 15) is 34.5 Å². The Morgan fingerprint density at radius 1 is 0.787 bits per heavy atom. The summed E-state index contributed by atoms with van der Waals surface area (Å²) in [6.07, 6.45) is 2.54. The minimum absolute atomic E-state index is 0.0759. The Hall–Kier alpha value is -4.24. The van der Waals surface area contributed by atoms with Gasteiger partial charge in [0, 0.05) is 19.4 Å². The van der Waals surface area contributed by atoms with Crippen LogP contribution in [0.4, 0.5) is 0 Å². The van der Waals surface area contributed by atoms with Gasteiger partial charge in [0.05, 0.1) is 18.7 Å². The predicted octanol–water partition coefficient (Wildman–Crippen LogP) is -0.134. The largest absolute Gasteiger partial charge is 0.508 e. The fourth-order valence-electron chi connectivity index (χ4n) is 4.79. The van der Waals surface area contributed by atoms with Crippen molar-refractivity contribution < 1.29 is 34.5 Å². The van der Waals surface area contributed by atoms with Gasteiger partial charge in [-0.3, -0.25) is 19.2 Å². The van der Waals surface area contributed by atoms with Crippen LogP contribution in [-0.4, -0.2) is 89.4 Å². The zero-order chi connectivity index (χ0) is 34.8. The number of amides is 4. The number of carbonyl (C=O) groups excluding carboxylic acids is 4. The number of benzene rings is 2. The number of rotatable bonds is 21. The van der Waals surface area contributed by atoms with Crippen molar-refractivity contribution in [3.63, 3.8) is 0 Å². The van der Waals surface area contributed by atoms with Crippen molar-refractivity contribution in [1.29, 1.82) is 0 Å². The molecule has 4 atom stereocenters. The van der Waals surface area contributed by atoms with Gasteiger partial charge in [-0.25, -0.2) is 0 Å². The lowest BCUT2D eigenvalue weighted by molar-refractivity contribution is -0.132. The molecule has 0 aliphatic rings. The monoisotopic (exact) mass is 657 g/mol. The maximum atomic E-state index is 13.5. The summed E-state index contributed by atoms with van der Waals surface area (Å²) in [4.78, 5) is 51.7. The van der Waals surface area contributed by atoms with E-state index >= 15 is 0 Å². The number of phenols is 2. The Morgan fingerprint density at radius 2 is 1.47 bits per heavy atom. The Labute approximate surface area is 275 Å². The van der Waals surface area contributed by atoms with Crippen LogP contribution in [0.3, 0.4) is 0 Å². The van der Waals surface area contributed by atoms with Crippen LogP contribution in [0.2, 0.25) is 0 Å². The van der Waals surface area contributed by atoms with Crippen LogP contribution >= 0.6 is 0 Å². The number of hydrogen-bond donors (Lipinski definition) is 10. The van der Waals surface area contributed by atoms with Gasteiger partial charge in [0.15, 0.2) is 0 Å². The third kappa shape index (κ3) is 13.6. The van der Waals surface area contributed by atoms with Gasteiger partial charge in [-0.2, -0.15) is 0 Å². The van der Waals surface area contributed by atoms with E-state index in [2.05, 4.69) is 21.3 Å². The molecule has 0 aromatic heterocycles. The predicted molar refractivity (Wildman–Crippen MR) is 179 cm³/mol. The second kappa shape index (κ2) is 20.8. The summed E-state index contributed by atoms with van der Waals surface area (Å²) in [6, 6.07) is 8.05. The molecule has 2 rings (SSSR count). The average Bonchev–Trinajstić information content (AvgIpc) is 3.06. The molecule has 13 N–H and O–H groups in total. The summed E-state index contributed by atoms with van der Waals surface area (Å²) in [5.41, 5.74) is 18.9. The number of carbonyl (C=O) groups is 4. The van der Waals surface area contributed by atoms with E-state index in [0.29, 0.717) is 44.2 Å². The van der Waals surface area contributed by atoms with Gasteiger partial charge in [-0.15, -0.1) is 0 Å². The number of aromatic hydroxyl groups is 2. The van der Waals surface area contributed by atoms with Gasteiger partial charge in [-0.05, 0) is 92.6 Å². The molecular formula is C33H51N7O7. The number of aliphatic hydroxyl groups excluding tert-OH is 1. The second-order valence-corrected chi connectivity index (χ2v) is 11.4. The van der Waals surface area contributed by atoms with E-state index in [1.165, 1.54) is 18.2 Å². The lowest BCUT2D eigenvalue weighted by atomic mass is 9.97. The van der Waals surface area contributed by atoms with Crippen LogP contribution in [0, 0.1) is 0 Å². The topological polar surface area (TPSA) is 255 Å².